The largest absolute Gasteiger partial charge is 0.497 e. The second-order valence-corrected chi connectivity index (χ2v) is 4.59. The lowest BCUT2D eigenvalue weighted by Crippen LogP contribution is -2.02. The Kier molecular flexibility index (Phi) is 4.79. The number of hydrogen-bond acceptors (Lipinski definition) is 3. The molecule has 5 heteroatoms. The number of pyridine rings is 1. The molecular weight excluding hydrogens is 281 g/mol. The normalized spacial score (nSPS) is 10.4. The highest BCUT2D eigenvalue weighted by molar-refractivity contribution is 6.17. The first-order chi connectivity index (χ1) is 9.62. The molecule has 0 bridgehead atoms. The second-order valence-electron chi connectivity index (χ2n) is 4.33. The molecule has 0 atom stereocenters. The third kappa shape index (κ3) is 3.61. The Labute approximate surface area is 122 Å². The third-order valence-corrected chi connectivity index (χ3v) is 3.05. The van der Waals surface area contributed by atoms with E-state index in [9.17, 15) is 4.39 Å². The van der Waals surface area contributed by atoms with E-state index in [0.717, 1.165) is 5.69 Å². The molecule has 0 radical (unpaired) electrons. The Bertz CT molecular complexity index is 604. The standard InChI is InChI=1S/C15H15ClFNO2/c1-10-5-13(19-2)7-12(18-10)9-20-15-4-3-11(8-16)6-14(15)17/h3-7H,8-9H2,1-2H3. The number of rotatable bonds is 5. The van der Waals surface area contributed by atoms with Crippen molar-refractivity contribution < 1.29 is 13.9 Å². The molecule has 0 unspecified atom stereocenters. The molecule has 0 aliphatic rings. The summed E-state index contributed by atoms with van der Waals surface area (Å²) in [5.74, 6) is 0.728. The maximum Gasteiger partial charge on any atom is 0.165 e. The lowest BCUT2D eigenvalue weighted by molar-refractivity contribution is 0.284. The van der Waals surface area contributed by atoms with Crippen molar-refractivity contribution in [2.45, 2.75) is 19.4 Å². The van der Waals surface area contributed by atoms with Gasteiger partial charge in [0.25, 0.3) is 0 Å². The molecule has 2 rings (SSSR count). The SMILES string of the molecule is COc1cc(C)nc(COc2ccc(CCl)cc2F)c1. The molecule has 20 heavy (non-hydrogen) atoms. The quantitative estimate of drug-likeness (QED) is 0.785. The van der Waals surface area contributed by atoms with Crippen molar-refractivity contribution in [1.29, 1.82) is 0 Å². The second kappa shape index (κ2) is 6.57. The molecule has 106 valence electrons. The highest BCUT2D eigenvalue weighted by Crippen LogP contribution is 2.21. The van der Waals surface area contributed by atoms with E-state index in [1.807, 2.05) is 13.0 Å². The number of benzene rings is 1. The van der Waals surface area contributed by atoms with Gasteiger partial charge in [-0.05, 0) is 24.6 Å². The van der Waals surface area contributed by atoms with Crippen LogP contribution in [0.25, 0.3) is 0 Å². The van der Waals surface area contributed by atoms with Gasteiger partial charge < -0.3 is 9.47 Å². The Morgan fingerprint density at radius 2 is 2.05 bits per heavy atom. The maximum atomic E-state index is 13.7. The van der Waals surface area contributed by atoms with Gasteiger partial charge in [-0.2, -0.15) is 0 Å². The monoisotopic (exact) mass is 295 g/mol. The minimum atomic E-state index is -0.428. The summed E-state index contributed by atoms with van der Waals surface area (Å²) in [5.41, 5.74) is 2.22. The molecule has 1 aromatic carbocycles. The van der Waals surface area contributed by atoms with Gasteiger partial charge in [0.15, 0.2) is 11.6 Å². The fourth-order valence-corrected chi connectivity index (χ4v) is 1.96. The first-order valence-corrected chi connectivity index (χ1v) is 6.64. The summed E-state index contributed by atoms with van der Waals surface area (Å²) >= 11 is 5.64. The fourth-order valence-electron chi connectivity index (χ4n) is 1.79. The molecule has 2 aromatic rings. The van der Waals surface area contributed by atoms with Gasteiger partial charge in [0.2, 0.25) is 0 Å². The van der Waals surface area contributed by atoms with Gasteiger partial charge in [0.05, 0.1) is 12.8 Å². The smallest absolute Gasteiger partial charge is 0.165 e. The molecule has 0 aliphatic carbocycles. The van der Waals surface area contributed by atoms with Crippen LogP contribution in [0.4, 0.5) is 4.39 Å². The van der Waals surface area contributed by atoms with Crippen LogP contribution in [0.2, 0.25) is 0 Å². The van der Waals surface area contributed by atoms with Crippen molar-refractivity contribution in [3.63, 3.8) is 0 Å². The Hall–Kier alpha value is -1.81. The molecule has 0 N–H and O–H groups in total. The molecule has 0 spiro atoms. The summed E-state index contributed by atoms with van der Waals surface area (Å²) in [4.78, 5) is 4.31. The first kappa shape index (κ1) is 14.6. The van der Waals surface area contributed by atoms with Crippen LogP contribution >= 0.6 is 11.6 Å². The number of aryl methyl sites for hydroxylation is 1. The van der Waals surface area contributed by atoms with Gasteiger partial charge in [-0.1, -0.05) is 6.07 Å². The minimum Gasteiger partial charge on any atom is -0.497 e. The number of alkyl halides is 1. The van der Waals surface area contributed by atoms with Gasteiger partial charge >= 0.3 is 0 Å². The third-order valence-electron chi connectivity index (χ3n) is 2.74. The van der Waals surface area contributed by atoms with E-state index >= 15 is 0 Å². The summed E-state index contributed by atoms with van der Waals surface area (Å²) in [6.45, 7) is 2.04. The lowest BCUT2D eigenvalue weighted by atomic mass is 10.2. The van der Waals surface area contributed by atoms with E-state index in [1.165, 1.54) is 6.07 Å². The average Bonchev–Trinajstić information content (AvgIpc) is 2.45. The zero-order chi connectivity index (χ0) is 14.5. The van der Waals surface area contributed by atoms with Crippen molar-refractivity contribution in [3.8, 4) is 11.5 Å². The highest BCUT2D eigenvalue weighted by Gasteiger charge is 2.06. The van der Waals surface area contributed by atoms with Gasteiger partial charge in [0.1, 0.15) is 12.4 Å². The molecule has 0 saturated heterocycles. The Balaban J connectivity index is 2.10. The van der Waals surface area contributed by atoms with Gasteiger partial charge in [-0.25, -0.2) is 4.39 Å². The number of ether oxygens (including phenoxy) is 2. The van der Waals surface area contributed by atoms with Crippen molar-refractivity contribution in [1.82, 2.24) is 4.98 Å². The number of aromatic nitrogens is 1. The van der Waals surface area contributed by atoms with Crippen LogP contribution in [0.5, 0.6) is 11.5 Å². The highest BCUT2D eigenvalue weighted by atomic mass is 35.5. The predicted octanol–water partition coefficient (Wildman–Crippen LogP) is 3.86. The van der Waals surface area contributed by atoms with E-state index in [1.54, 1.807) is 25.3 Å². The van der Waals surface area contributed by atoms with Crippen LogP contribution < -0.4 is 9.47 Å². The van der Waals surface area contributed by atoms with Gasteiger partial charge in [0, 0.05) is 23.7 Å². The zero-order valence-electron chi connectivity index (χ0n) is 11.3. The maximum absolute atomic E-state index is 13.7. The Morgan fingerprint density at radius 3 is 2.70 bits per heavy atom. The van der Waals surface area contributed by atoms with Gasteiger partial charge in [-0.3, -0.25) is 4.98 Å². The molecule has 1 aromatic heterocycles. The van der Waals surface area contributed by atoms with Crippen molar-refractivity contribution >= 4 is 11.6 Å². The number of nitrogens with zero attached hydrogens (tertiary/aromatic N) is 1. The van der Waals surface area contributed by atoms with E-state index < -0.39 is 5.82 Å². The van der Waals surface area contributed by atoms with Crippen LogP contribution in [-0.2, 0) is 12.5 Å². The molecule has 0 fully saturated rings. The predicted molar refractivity (Wildman–Crippen MR) is 75.8 cm³/mol. The van der Waals surface area contributed by atoms with Crippen molar-refractivity contribution in [2.75, 3.05) is 7.11 Å². The van der Waals surface area contributed by atoms with Crippen LogP contribution in [0.15, 0.2) is 30.3 Å². The number of methoxy groups -OCH3 is 1. The average molecular weight is 296 g/mol. The minimum absolute atomic E-state index is 0.176. The summed E-state index contributed by atoms with van der Waals surface area (Å²) in [6, 6.07) is 8.25. The lowest BCUT2D eigenvalue weighted by Gasteiger charge is -2.09. The molecule has 3 nitrogen and oxygen atoms in total. The molecule has 0 aliphatic heterocycles. The molecule has 0 saturated carbocycles. The zero-order valence-corrected chi connectivity index (χ0v) is 12.1. The van der Waals surface area contributed by atoms with Crippen LogP contribution in [0, 0.1) is 12.7 Å². The van der Waals surface area contributed by atoms with Gasteiger partial charge in [-0.15, -0.1) is 11.6 Å². The van der Waals surface area contributed by atoms with Crippen LogP contribution in [0.1, 0.15) is 17.0 Å². The van der Waals surface area contributed by atoms with E-state index in [-0.39, 0.29) is 18.2 Å². The molecule has 1 heterocycles. The van der Waals surface area contributed by atoms with Crippen molar-refractivity contribution in [3.05, 3.63) is 53.1 Å². The summed E-state index contributed by atoms with van der Waals surface area (Å²) < 4.78 is 24.3. The molecule has 0 amide bonds. The number of hydrogen-bond donors (Lipinski definition) is 0. The summed E-state index contributed by atoms with van der Waals surface area (Å²) in [5, 5.41) is 0. The van der Waals surface area contributed by atoms with E-state index in [2.05, 4.69) is 4.98 Å². The van der Waals surface area contributed by atoms with Crippen molar-refractivity contribution in [2.24, 2.45) is 0 Å². The van der Waals surface area contributed by atoms with E-state index in [0.29, 0.717) is 17.0 Å². The topological polar surface area (TPSA) is 31.4 Å². The van der Waals surface area contributed by atoms with Crippen LogP contribution in [-0.4, -0.2) is 12.1 Å². The summed E-state index contributed by atoms with van der Waals surface area (Å²) in [7, 11) is 1.59. The summed E-state index contributed by atoms with van der Waals surface area (Å²) in [6.07, 6.45) is 0. The van der Waals surface area contributed by atoms with Crippen LogP contribution in [0.3, 0.4) is 0 Å². The molecular formula is C15H15ClFNO2. The first-order valence-electron chi connectivity index (χ1n) is 6.11. The Morgan fingerprint density at radius 1 is 1.25 bits per heavy atom. The fraction of sp³-hybridized carbons (Fsp3) is 0.267. The number of halogens is 2. The van der Waals surface area contributed by atoms with E-state index in [4.69, 9.17) is 21.1 Å².